The number of ether oxygens (including phenoxy) is 1. The first-order valence-electron chi connectivity index (χ1n) is 25.6. The van der Waals surface area contributed by atoms with E-state index in [0.29, 0.717) is 30.3 Å². The van der Waals surface area contributed by atoms with E-state index >= 15 is 0 Å². The molecule has 0 rings (SSSR count). The molecule has 3 unspecified atom stereocenters. The maximum Gasteiger partial charge on any atom is 0.306 e. The van der Waals surface area contributed by atoms with Crippen LogP contribution >= 0.6 is 7.82 Å². The van der Waals surface area contributed by atoms with Gasteiger partial charge < -0.3 is 28.5 Å². The molecule has 0 aliphatic rings. The second-order valence-corrected chi connectivity index (χ2v) is 19.5. The summed E-state index contributed by atoms with van der Waals surface area (Å²) in [5.41, 5.74) is 0. The van der Waals surface area contributed by atoms with Crippen molar-refractivity contribution in [3.8, 4) is 0 Å². The number of carbonyl (C=O) groups is 2. The Balaban J connectivity index is 5.53. The number of carbonyl (C=O) groups excluding carboxylic acids is 2. The monoisotopic (exact) mass is 927 g/mol. The van der Waals surface area contributed by atoms with Crippen LogP contribution in [0.3, 0.4) is 0 Å². The lowest BCUT2D eigenvalue weighted by Gasteiger charge is -2.30. The minimum Gasteiger partial charge on any atom is -0.756 e. The van der Waals surface area contributed by atoms with E-state index in [-0.39, 0.29) is 24.9 Å². The van der Waals surface area contributed by atoms with E-state index in [1.54, 1.807) is 6.08 Å². The van der Waals surface area contributed by atoms with Crippen molar-refractivity contribution in [3.63, 3.8) is 0 Å². The maximum absolute atomic E-state index is 13.4. The summed E-state index contributed by atoms with van der Waals surface area (Å²) in [6, 6.07) is -0.913. The van der Waals surface area contributed by atoms with Gasteiger partial charge in [-0.25, -0.2) is 0 Å². The number of rotatable bonds is 44. The number of esters is 1. The summed E-state index contributed by atoms with van der Waals surface area (Å²) in [5.74, 6) is -0.615. The Bertz CT molecular complexity index is 1440. The van der Waals surface area contributed by atoms with E-state index in [0.717, 1.165) is 83.5 Å². The minimum absolute atomic E-state index is 0.0366. The van der Waals surface area contributed by atoms with Gasteiger partial charge in [-0.1, -0.05) is 202 Å². The Morgan fingerprint density at radius 3 is 1.58 bits per heavy atom. The van der Waals surface area contributed by atoms with E-state index in [9.17, 15) is 19.0 Å². The molecule has 0 aliphatic carbocycles. The third-order valence-corrected chi connectivity index (χ3v) is 11.6. The molecule has 0 saturated heterocycles. The molecule has 0 aromatic heterocycles. The van der Waals surface area contributed by atoms with Crippen LogP contribution in [0.25, 0.3) is 0 Å². The first kappa shape index (κ1) is 61.9. The van der Waals surface area contributed by atoms with Gasteiger partial charge in [-0.3, -0.25) is 14.2 Å². The molecule has 0 aromatic carbocycles. The number of amides is 1. The first-order valence-corrected chi connectivity index (χ1v) is 27.1. The molecule has 1 N–H and O–H groups in total. The molecule has 1 amide bonds. The fraction of sp³-hybridized carbons (Fsp3) is 0.673. The van der Waals surface area contributed by atoms with Crippen molar-refractivity contribution >= 4 is 19.7 Å². The third-order valence-electron chi connectivity index (χ3n) is 10.7. The summed E-state index contributed by atoms with van der Waals surface area (Å²) in [4.78, 5) is 39.6. The number of nitrogens with one attached hydrogen (secondary N) is 1. The average Bonchev–Trinajstić information content (AvgIpc) is 3.26. The van der Waals surface area contributed by atoms with Gasteiger partial charge in [0.15, 0.2) is 0 Å². The lowest BCUT2D eigenvalue weighted by Crippen LogP contribution is -2.47. The van der Waals surface area contributed by atoms with Gasteiger partial charge in [0.05, 0.1) is 33.8 Å². The van der Waals surface area contributed by atoms with Gasteiger partial charge in [0, 0.05) is 12.8 Å². The van der Waals surface area contributed by atoms with Crippen LogP contribution in [0.15, 0.2) is 97.2 Å². The Labute approximate surface area is 398 Å². The van der Waals surface area contributed by atoms with E-state index in [1.807, 2.05) is 88.0 Å². The number of quaternary nitrogens is 1. The Kier molecular flexibility index (Phi) is 42.6. The second kappa shape index (κ2) is 44.7. The highest BCUT2D eigenvalue weighted by atomic mass is 31.2. The van der Waals surface area contributed by atoms with Crippen molar-refractivity contribution in [1.82, 2.24) is 5.32 Å². The standard InChI is InChI=1S/C55H95N2O7P/c1-7-10-13-16-19-22-25-26-27-28-29-30-33-36-39-42-45-48-55(59)64-53(46-43-40-37-34-31-23-20-17-14-11-8-2)52(51-63-65(60,61)62-50-49-57(4,5)6)56-54(58)47-44-41-38-35-32-24-21-18-15-12-9-3/h10,13,16,18-19,21-22,25-30,33,43,46,52-53H,7-9,11-12,14-15,17,20,23-24,31-32,34-42,44-45,47-51H2,1-6H3,(H-,56,58,60,61)/b13-10-,19-16+,21-18-,25-22+,27-26-,29-28+,33-30+,46-43-. The molecule has 3 atom stereocenters. The molecule has 10 heteroatoms. The van der Waals surface area contributed by atoms with E-state index in [4.69, 9.17) is 13.8 Å². The molecule has 65 heavy (non-hydrogen) atoms. The molecule has 0 bridgehead atoms. The summed E-state index contributed by atoms with van der Waals surface area (Å²) in [6.45, 7) is 6.57. The maximum atomic E-state index is 13.4. The van der Waals surface area contributed by atoms with Gasteiger partial charge in [-0.05, 0) is 70.3 Å². The summed E-state index contributed by atoms with van der Waals surface area (Å²) >= 11 is 0. The lowest BCUT2D eigenvalue weighted by atomic mass is 10.1. The van der Waals surface area contributed by atoms with Gasteiger partial charge in [0.25, 0.3) is 7.82 Å². The normalized spacial score (nSPS) is 14.8. The van der Waals surface area contributed by atoms with Crippen molar-refractivity contribution < 1.29 is 37.3 Å². The van der Waals surface area contributed by atoms with Gasteiger partial charge in [-0.15, -0.1) is 0 Å². The van der Waals surface area contributed by atoms with Crippen LogP contribution in [-0.4, -0.2) is 69.4 Å². The summed E-state index contributed by atoms with van der Waals surface area (Å²) in [7, 11) is 1.13. The number of hydrogen-bond donors (Lipinski definition) is 1. The molecule has 0 aromatic rings. The van der Waals surface area contributed by atoms with Crippen molar-refractivity contribution in [2.75, 3.05) is 40.9 Å². The Hall–Kier alpha value is -3.07. The van der Waals surface area contributed by atoms with Crippen molar-refractivity contribution in [3.05, 3.63) is 97.2 Å². The predicted molar refractivity (Wildman–Crippen MR) is 274 cm³/mol. The lowest BCUT2D eigenvalue weighted by molar-refractivity contribution is -0.870. The van der Waals surface area contributed by atoms with Crippen LogP contribution in [0, 0.1) is 0 Å². The van der Waals surface area contributed by atoms with Gasteiger partial charge in [0.2, 0.25) is 5.91 Å². The number of phosphoric ester groups is 1. The van der Waals surface area contributed by atoms with Crippen LogP contribution in [0.5, 0.6) is 0 Å². The summed E-state index contributed by atoms with van der Waals surface area (Å²) < 4.78 is 30.0. The van der Waals surface area contributed by atoms with Crippen molar-refractivity contribution in [2.24, 2.45) is 0 Å². The number of phosphoric acid groups is 1. The summed E-state index contributed by atoms with van der Waals surface area (Å²) in [6.07, 6.45) is 58.0. The number of unbranched alkanes of at least 4 members (excludes halogenated alkanes) is 19. The van der Waals surface area contributed by atoms with Crippen LogP contribution < -0.4 is 10.2 Å². The molecule has 0 radical (unpaired) electrons. The zero-order chi connectivity index (χ0) is 48.0. The molecular formula is C55H95N2O7P. The van der Waals surface area contributed by atoms with E-state index in [2.05, 4.69) is 50.4 Å². The van der Waals surface area contributed by atoms with E-state index in [1.165, 1.54) is 57.8 Å². The fourth-order valence-corrected chi connectivity index (χ4v) is 7.37. The SMILES string of the molecule is CC\C=C/C=C/C=C/C=C\C=C\C=C\CCCCCC(=O)OC(/C=C\CCCCCCCCCCC)C(COP(=O)([O-])OCC[N+](C)(C)C)NC(=O)CCCCCCC/C=C\CCCC. The van der Waals surface area contributed by atoms with Crippen molar-refractivity contribution in [1.29, 1.82) is 0 Å². The van der Waals surface area contributed by atoms with Crippen LogP contribution in [0.1, 0.15) is 188 Å². The molecule has 9 nitrogen and oxygen atoms in total. The predicted octanol–water partition coefficient (Wildman–Crippen LogP) is 14.2. The quantitative estimate of drug-likeness (QED) is 0.0162. The highest BCUT2D eigenvalue weighted by Gasteiger charge is 2.27. The Morgan fingerprint density at radius 1 is 0.554 bits per heavy atom. The van der Waals surface area contributed by atoms with Gasteiger partial charge >= 0.3 is 5.97 Å². The molecule has 0 aliphatic heterocycles. The van der Waals surface area contributed by atoms with Crippen LogP contribution in [-0.2, 0) is 27.9 Å². The molecule has 0 spiro atoms. The second-order valence-electron chi connectivity index (χ2n) is 18.1. The zero-order valence-electron chi connectivity index (χ0n) is 42.2. The van der Waals surface area contributed by atoms with Gasteiger partial charge in [0.1, 0.15) is 19.3 Å². The molecule has 0 saturated carbocycles. The highest BCUT2D eigenvalue weighted by molar-refractivity contribution is 7.45. The first-order chi connectivity index (χ1) is 31.4. The molecular weight excluding hydrogens is 832 g/mol. The highest BCUT2D eigenvalue weighted by Crippen LogP contribution is 2.38. The fourth-order valence-electron chi connectivity index (χ4n) is 6.65. The third kappa shape index (κ3) is 45.9. The molecule has 0 fully saturated rings. The number of likely N-dealkylation sites (N-methyl/N-ethyl adjacent to an activating group) is 1. The van der Waals surface area contributed by atoms with Crippen LogP contribution in [0.4, 0.5) is 0 Å². The average molecular weight is 927 g/mol. The minimum atomic E-state index is -4.70. The number of allylic oxidation sites excluding steroid dienone is 15. The molecule has 0 heterocycles. The topological polar surface area (TPSA) is 114 Å². The van der Waals surface area contributed by atoms with E-state index < -0.39 is 26.6 Å². The van der Waals surface area contributed by atoms with Crippen molar-refractivity contribution in [2.45, 2.75) is 200 Å². The summed E-state index contributed by atoms with van der Waals surface area (Å²) in [5, 5.41) is 2.98. The number of nitrogens with zero attached hydrogens (tertiary/aromatic N) is 1. The number of hydrogen-bond acceptors (Lipinski definition) is 7. The molecule has 372 valence electrons. The van der Waals surface area contributed by atoms with Gasteiger partial charge in [-0.2, -0.15) is 0 Å². The zero-order valence-corrected chi connectivity index (χ0v) is 43.0. The Morgan fingerprint density at radius 2 is 1.02 bits per heavy atom. The van der Waals surface area contributed by atoms with Crippen LogP contribution in [0.2, 0.25) is 0 Å². The smallest absolute Gasteiger partial charge is 0.306 e. The largest absolute Gasteiger partial charge is 0.756 e.